The van der Waals surface area contributed by atoms with Gasteiger partial charge in [-0.15, -0.1) is 0 Å². The van der Waals surface area contributed by atoms with E-state index in [0.717, 1.165) is 17.4 Å². The molecule has 2 rings (SSSR count). The van der Waals surface area contributed by atoms with E-state index in [0.29, 0.717) is 11.1 Å². The summed E-state index contributed by atoms with van der Waals surface area (Å²) in [5.74, 6) is 0.0435. The van der Waals surface area contributed by atoms with Gasteiger partial charge in [-0.2, -0.15) is 0 Å². The van der Waals surface area contributed by atoms with E-state index >= 15 is 0 Å². The maximum absolute atomic E-state index is 12.7. The number of carbonyl (C=O) groups is 2. The number of carbonyl (C=O) groups excluding carboxylic acids is 2. The van der Waals surface area contributed by atoms with Crippen LogP contribution in [0.15, 0.2) is 59.7 Å². The summed E-state index contributed by atoms with van der Waals surface area (Å²) >= 11 is 0. The normalized spacial score (nSPS) is 24.5. The highest BCUT2D eigenvalue weighted by atomic mass is 16.3. The number of hydrogen-bond donors (Lipinski definition) is 1. The molecule has 3 heteroatoms. The van der Waals surface area contributed by atoms with Crippen LogP contribution in [0.1, 0.15) is 39.7 Å². The van der Waals surface area contributed by atoms with E-state index in [4.69, 9.17) is 0 Å². The predicted octanol–water partition coefficient (Wildman–Crippen LogP) is 3.89. The molecule has 3 nitrogen and oxygen atoms in total. The van der Waals surface area contributed by atoms with E-state index in [-0.39, 0.29) is 12.2 Å². The number of hydrogen-bond acceptors (Lipinski definition) is 3. The van der Waals surface area contributed by atoms with Gasteiger partial charge >= 0.3 is 0 Å². The smallest absolute Gasteiger partial charge is 0.164 e. The minimum atomic E-state index is -1.26. The van der Waals surface area contributed by atoms with Crippen molar-refractivity contribution in [2.45, 2.75) is 39.7 Å². The van der Waals surface area contributed by atoms with Gasteiger partial charge in [0, 0.05) is 17.4 Å². The summed E-state index contributed by atoms with van der Waals surface area (Å²) in [6.07, 6.45) is 5.85. The van der Waals surface area contributed by atoms with Crippen LogP contribution in [0.4, 0.5) is 0 Å². The standard InChI is InChI=1S/C21H24O3/c1-15(11-13-22)10-12-21(24)16(2)19(17-8-6-5-7-9-17)18(23)14-20(21,3)4/h5-13,24H,14H2,1-4H3/b12-10+,15-11-. The second kappa shape index (κ2) is 6.70. The van der Waals surface area contributed by atoms with Crippen LogP contribution in [0.2, 0.25) is 0 Å². The Morgan fingerprint density at radius 3 is 2.42 bits per heavy atom. The minimum absolute atomic E-state index is 0.0435. The van der Waals surface area contributed by atoms with Crippen LogP contribution in [-0.4, -0.2) is 22.8 Å². The SMILES string of the molecule is CC1=C(c2ccccc2)C(=O)CC(C)(C)C1(O)/C=C/C(C)=C\C=O. The molecule has 1 aliphatic carbocycles. The zero-order valence-electron chi connectivity index (χ0n) is 14.7. The number of benzene rings is 1. The van der Waals surface area contributed by atoms with Crippen molar-refractivity contribution in [1.82, 2.24) is 0 Å². The molecule has 1 atom stereocenters. The topological polar surface area (TPSA) is 54.4 Å². The van der Waals surface area contributed by atoms with Gasteiger partial charge in [0.2, 0.25) is 0 Å². The molecule has 1 unspecified atom stereocenters. The quantitative estimate of drug-likeness (QED) is 0.519. The number of ketones is 1. The summed E-state index contributed by atoms with van der Waals surface area (Å²) in [5, 5.41) is 11.4. The zero-order chi connectivity index (χ0) is 18.0. The third kappa shape index (κ3) is 3.17. The summed E-state index contributed by atoms with van der Waals surface area (Å²) in [6, 6.07) is 9.44. The zero-order valence-corrected chi connectivity index (χ0v) is 14.7. The highest BCUT2D eigenvalue weighted by Gasteiger charge is 2.49. The van der Waals surface area contributed by atoms with Crippen LogP contribution in [0.3, 0.4) is 0 Å². The van der Waals surface area contributed by atoms with E-state index in [1.807, 2.05) is 51.1 Å². The number of aldehydes is 1. The number of allylic oxidation sites excluding steroid dienone is 4. The van der Waals surface area contributed by atoms with Gasteiger partial charge in [0.25, 0.3) is 0 Å². The summed E-state index contributed by atoms with van der Waals surface area (Å²) in [6.45, 7) is 7.38. The van der Waals surface area contributed by atoms with Crippen LogP contribution < -0.4 is 0 Å². The molecule has 1 aliphatic rings. The molecular weight excluding hydrogens is 300 g/mol. The summed E-state index contributed by atoms with van der Waals surface area (Å²) in [4.78, 5) is 23.3. The van der Waals surface area contributed by atoms with Crippen molar-refractivity contribution >= 4 is 17.6 Å². The third-order valence-corrected chi connectivity index (χ3v) is 4.84. The van der Waals surface area contributed by atoms with Crippen molar-refractivity contribution < 1.29 is 14.7 Å². The first-order valence-electron chi connectivity index (χ1n) is 8.06. The lowest BCUT2D eigenvalue weighted by Crippen LogP contribution is -2.49. The van der Waals surface area contributed by atoms with E-state index in [1.54, 1.807) is 19.1 Å². The van der Waals surface area contributed by atoms with Crippen LogP contribution in [-0.2, 0) is 9.59 Å². The number of Topliss-reactive ketones (excluding diaryl/α,β-unsaturated/α-hetero) is 1. The summed E-state index contributed by atoms with van der Waals surface area (Å²) in [7, 11) is 0. The fraction of sp³-hybridized carbons (Fsp3) is 0.333. The summed E-state index contributed by atoms with van der Waals surface area (Å²) < 4.78 is 0. The molecule has 1 aromatic rings. The molecule has 0 saturated heterocycles. The largest absolute Gasteiger partial charge is 0.381 e. The lowest BCUT2D eigenvalue weighted by Gasteiger charge is -2.45. The lowest BCUT2D eigenvalue weighted by molar-refractivity contribution is -0.120. The molecule has 1 aromatic carbocycles. The summed E-state index contributed by atoms with van der Waals surface area (Å²) in [5.41, 5.74) is 0.904. The van der Waals surface area contributed by atoms with Crippen LogP contribution in [0, 0.1) is 5.41 Å². The molecule has 0 radical (unpaired) electrons. The second-order valence-electron chi connectivity index (χ2n) is 7.00. The Morgan fingerprint density at radius 2 is 1.83 bits per heavy atom. The fourth-order valence-electron chi connectivity index (χ4n) is 3.28. The number of aliphatic hydroxyl groups is 1. The van der Waals surface area contributed by atoms with Crippen molar-refractivity contribution in [1.29, 1.82) is 0 Å². The Balaban J connectivity index is 2.62. The average molecular weight is 324 g/mol. The van der Waals surface area contributed by atoms with Gasteiger partial charge in [0.15, 0.2) is 5.78 Å². The van der Waals surface area contributed by atoms with E-state index in [9.17, 15) is 14.7 Å². The Morgan fingerprint density at radius 1 is 1.21 bits per heavy atom. The van der Waals surface area contributed by atoms with Gasteiger partial charge in [0.1, 0.15) is 11.9 Å². The van der Waals surface area contributed by atoms with Gasteiger partial charge in [-0.05, 0) is 42.7 Å². The molecule has 0 fully saturated rings. The van der Waals surface area contributed by atoms with E-state index < -0.39 is 11.0 Å². The van der Waals surface area contributed by atoms with Crippen LogP contribution in [0.25, 0.3) is 5.57 Å². The first-order valence-corrected chi connectivity index (χ1v) is 8.06. The first-order chi connectivity index (χ1) is 11.2. The molecular formula is C21H24O3. The van der Waals surface area contributed by atoms with Crippen molar-refractivity contribution in [2.24, 2.45) is 5.41 Å². The maximum atomic E-state index is 12.7. The van der Waals surface area contributed by atoms with Gasteiger partial charge in [0.05, 0.1) is 0 Å². The highest BCUT2D eigenvalue weighted by molar-refractivity contribution is 6.23. The van der Waals surface area contributed by atoms with E-state index in [2.05, 4.69) is 0 Å². The Labute approximate surface area is 143 Å². The van der Waals surface area contributed by atoms with Crippen LogP contribution >= 0.6 is 0 Å². The average Bonchev–Trinajstić information content (AvgIpc) is 2.52. The minimum Gasteiger partial charge on any atom is -0.381 e. The lowest BCUT2D eigenvalue weighted by atomic mass is 9.61. The molecule has 0 spiro atoms. The third-order valence-electron chi connectivity index (χ3n) is 4.84. The Hall–Kier alpha value is -2.26. The monoisotopic (exact) mass is 324 g/mol. The molecule has 0 heterocycles. The molecule has 126 valence electrons. The Bertz CT molecular complexity index is 736. The van der Waals surface area contributed by atoms with Gasteiger partial charge in [-0.25, -0.2) is 0 Å². The van der Waals surface area contributed by atoms with E-state index in [1.165, 1.54) is 6.08 Å². The number of rotatable bonds is 4. The molecule has 0 aliphatic heterocycles. The highest BCUT2D eigenvalue weighted by Crippen LogP contribution is 2.48. The molecule has 0 bridgehead atoms. The van der Waals surface area contributed by atoms with Gasteiger partial charge in [-0.1, -0.05) is 50.3 Å². The van der Waals surface area contributed by atoms with Crippen LogP contribution in [0.5, 0.6) is 0 Å². The first kappa shape index (κ1) is 18.1. The van der Waals surface area contributed by atoms with Crippen molar-refractivity contribution in [2.75, 3.05) is 0 Å². The van der Waals surface area contributed by atoms with Crippen molar-refractivity contribution in [3.05, 3.63) is 65.3 Å². The Kier molecular flexibility index (Phi) is 5.05. The molecule has 0 amide bonds. The van der Waals surface area contributed by atoms with Gasteiger partial charge < -0.3 is 5.11 Å². The predicted molar refractivity (Wildman–Crippen MR) is 96.4 cm³/mol. The second-order valence-corrected chi connectivity index (χ2v) is 7.00. The molecule has 0 aromatic heterocycles. The fourth-order valence-corrected chi connectivity index (χ4v) is 3.28. The van der Waals surface area contributed by atoms with Gasteiger partial charge in [-0.3, -0.25) is 9.59 Å². The maximum Gasteiger partial charge on any atom is 0.164 e. The van der Waals surface area contributed by atoms with Crippen molar-refractivity contribution in [3.8, 4) is 0 Å². The molecule has 1 N–H and O–H groups in total. The molecule has 0 saturated carbocycles. The van der Waals surface area contributed by atoms with Crippen molar-refractivity contribution in [3.63, 3.8) is 0 Å². The molecule has 24 heavy (non-hydrogen) atoms.